The van der Waals surface area contributed by atoms with Gasteiger partial charge < -0.3 is 15.5 Å². The van der Waals surface area contributed by atoms with Gasteiger partial charge in [-0.15, -0.1) is 11.3 Å². The molecule has 0 aliphatic carbocycles. The van der Waals surface area contributed by atoms with E-state index in [4.69, 9.17) is 0 Å². The normalized spacial score (nSPS) is 17.4. The van der Waals surface area contributed by atoms with Crippen LogP contribution in [0.1, 0.15) is 42.7 Å². The van der Waals surface area contributed by atoms with Crippen molar-refractivity contribution in [3.8, 4) is 0 Å². The van der Waals surface area contributed by atoms with Crippen molar-refractivity contribution in [3.63, 3.8) is 0 Å². The maximum absolute atomic E-state index is 12.9. The van der Waals surface area contributed by atoms with Gasteiger partial charge in [0.25, 0.3) is 0 Å². The van der Waals surface area contributed by atoms with E-state index in [1.54, 1.807) is 17.2 Å². The minimum absolute atomic E-state index is 0.0527. The minimum Gasteiger partial charge on any atom is -0.348 e. The second kappa shape index (κ2) is 9.65. The number of hydrogen-bond donors (Lipinski definition) is 2. The standard InChI is InChI=1S/C21H26N4O3S/c1-14-7-8-19(22-12-14)24-21(28)16-5-3-9-25(13-16)20(27)11-17(23-15(2)26)18-6-4-10-29-18/h4,6-8,10,12,16-17H,3,5,9,11,13H2,1-2H3,(H,23,26)(H,22,24,28). The third kappa shape index (κ3) is 5.87. The number of pyridine rings is 1. The number of piperidine rings is 1. The average Bonchev–Trinajstić information content (AvgIpc) is 3.24. The Kier molecular flexibility index (Phi) is 6.98. The molecule has 3 amide bonds. The summed E-state index contributed by atoms with van der Waals surface area (Å²) in [6.45, 7) is 4.40. The summed E-state index contributed by atoms with van der Waals surface area (Å²) in [7, 11) is 0. The number of aryl methyl sites for hydroxylation is 1. The maximum atomic E-state index is 12.9. The van der Waals surface area contributed by atoms with Gasteiger partial charge in [-0.25, -0.2) is 4.98 Å². The van der Waals surface area contributed by atoms with Gasteiger partial charge in [-0.1, -0.05) is 12.1 Å². The van der Waals surface area contributed by atoms with E-state index in [1.807, 2.05) is 30.5 Å². The number of likely N-dealkylation sites (tertiary alicyclic amines) is 1. The second-order valence-electron chi connectivity index (χ2n) is 7.36. The zero-order valence-electron chi connectivity index (χ0n) is 16.7. The Hall–Kier alpha value is -2.74. The highest BCUT2D eigenvalue weighted by molar-refractivity contribution is 7.10. The Labute approximate surface area is 174 Å². The number of carbonyl (C=O) groups excluding carboxylic acids is 3. The summed E-state index contributed by atoms with van der Waals surface area (Å²) in [5, 5.41) is 7.63. The molecule has 2 atom stereocenters. The van der Waals surface area contributed by atoms with Crippen LogP contribution in [-0.4, -0.2) is 40.7 Å². The molecule has 0 aromatic carbocycles. The van der Waals surface area contributed by atoms with Gasteiger partial charge in [0.15, 0.2) is 0 Å². The van der Waals surface area contributed by atoms with Gasteiger partial charge in [-0.2, -0.15) is 0 Å². The van der Waals surface area contributed by atoms with E-state index in [1.165, 1.54) is 18.3 Å². The topological polar surface area (TPSA) is 91.4 Å². The number of nitrogens with zero attached hydrogens (tertiary/aromatic N) is 2. The van der Waals surface area contributed by atoms with Gasteiger partial charge in [0.1, 0.15) is 5.82 Å². The van der Waals surface area contributed by atoms with E-state index in [9.17, 15) is 14.4 Å². The lowest BCUT2D eigenvalue weighted by atomic mass is 9.96. The molecule has 7 nitrogen and oxygen atoms in total. The summed E-state index contributed by atoms with van der Waals surface area (Å²) >= 11 is 1.51. The monoisotopic (exact) mass is 414 g/mol. The van der Waals surface area contributed by atoms with E-state index in [0.717, 1.165) is 23.3 Å². The lowest BCUT2D eigenvalue weighted by molar-refractivity contribution is -0.135. The molecule has 154 valence electrons. The van der Waals surface area contributed by atoms with Crippen molar-refractivity contribution < 1.29 is 14.4 Å². The maximum Gasteiger partial charge on any atom is 0.230 e. The van der Waals surface area contributed by atoms with Crippen LogP contribution >= 0.6 is 11.3 Å². The van der Waals surface area contributed by atoms with Crippen molar-refractivity contribution in [3.05, 3.63) is 46.3 Å². The van der Waals surface area contributed by atoms with Crippen LogP contribution in [0.5, 0.6) is 0 Å². The molecule has 0 bridgehead atoms. The summed E-state index contributed by atoms with van der Waals surface area (Å²) in [5.41, 5.74) is 1.02. The first kappa shape index (κ1) is 21.0. The van der Waals surface area contributed by atoms with Gasteiger partial charge in [-0.05, 0) is 42.8 Å². The summed E-state index contributed by atoms with van der Waals surface area (Å²) in [5.74, 6) is -0.0828. The van der Waals surface area contributed by atoms with E-state index < -0.39 is 0 Å². The zero-order chi connectivity index (χ0) is 20.8. The Bertz CT molecular complexity index is 851. The van der Waals surface area contributed by atoms with Crippen LogP contribution in [0.15, 0.2) is 35.8 Å². The summed E-state index contributed by atoms with van der Waals surface area (Å²) < 4.78 is 0. The molecule has 0 spiro atoms. The fourth-order valence-electron chi connectivity index (χ4n) is 3.45. The fourth-order valence-corrected chi connectivity index (χ4v) is 4.23. The molecule has 3 rings (SSSR count). The summed E-state index contributed by atoms with van der Waals surface area (Å²) in [6.07, 6.45) is 3.41. The first-order chi connectivity index (χ1) is 13.9. The smallest absolute Gasteiger partial charge is 0.230 e. The molecule has 1 fully saturated rings. The molecule has 29 heavy (non-hydrogen) atoms. The number of aromatic nitrogens is 1. The molecule has 2 N–H and O–H groups in total. The first-order valence-corrected chi connectivity index (χ1v) is 10.6. The van der Waals surface area contributed by atoms with Crippen molar-refractivity contribution >= 4 is 34.9 Å². The third-order valence-corrected chi connectivity index (χ3v) is 5.94. The quantitative estimate of drug-likeness (QED) is 0.760. The summed E-state index contributed by atoms with van der Waals surface area (Å²) in [6, 6.07) is 7.15. The lowest BCUT2D eigenvalue weighted by Gasteiger charge is -2.33. The first-order valence-electron chi connectivity index (χ1n) is 9.74. The van der Waals surface area contributed by atoms with E-state index in [-0.39, 0.29) is 36.1 Å². The van der Waals surface area contributed by atoms with Crippen LogP contribution in [0.25, 0.3) is 0 Å². The average molecular weight is 415 g/mol. The van der Waals surface area contributed by atoms with Crippen LogP contribution in [-0.2, 0) is 14.4 Å². The molecule has 1 saturated heterocycles. The van der Waals surface area contributed by atoms with Crippen LogP contribution in [0.2, 0.25) is 0 Å². The molecular weight excluding hydrogens is 388 g/mol. The van der Waals surface area contributed by atoms with Crippen molar-refractivity contribution in [2.24, 2.45) is 5.92 Å². The number of hydrogen-bond acceptors (Lipinski definition) is 5. The van der Waals surface area contributed by atoms with Crippen LogP contribution in [0.3, 0.4) is 0 Å². The predicted octanol–water partition coefficient (Wildman–Crippen LogP) is 2.90. The van der Waals surface area contributed by atoms with Gasteiger partial charge in [-0.3, -0.25) is 14.4 Å². The molecule has 1 aliphatic rings. The molecule has 0 saturated carbocycles. The van der Waals surface area contributed by atoms with Gasteiger partial charge >= 0.3 is 0 Å². The Balaban J connectivity index is 1.60. The van der Waals surface area contributed by atoms with Crippen LogP contribution in [0.4, 0.5) is 5.82 Å². The molecule has 2 aromatic heterocycles. The molecule has 0 radical (unpaired) electrons. The Morgan fingerprint density at radius 1 is 1.31 bits per heavy atom. The van der Waals surface area contributed by atoms with Crippen molar-refractivity contribution in [1.29, 1.82) is 0 Å². The van der Waals surface area contributed by atoms with E-state index >= 15 is 0 Å². The number of nitrogens with one attached hydrogen (secondary N) is 2. The summed E-state index contributed by atoms with van der Waals surface area (Å²) in [4.78, 5) is 44.0. The van der Waals surface area contributed by atoms with Gasteiger partial charge in [0.2, 0.25) is 17.7 Å². The largest absolute Gasteiger partial charge is 0.348 e. The molecule has 2 aromatic rings. The minimum atomic E-state index is -0.342. The molecule has 8 heteroatoms. The van der Waals surface area contributed by atoms with E-state index in [0.29, 0.717) is 18.9 Å². The molecule has 1 aliphatic heterocycles. The number of anilines is 1. The second-order valence-corrected chi connectivity index (χ2v) is 8.34. The Morgan fingerprint density at radius 2 is 2.14 bits per heavy atom. The predicted molar refractivity (Wildman–Crippen MR) is 112 cm³/mol. The highest BCUT2D eigenvalue weighted by Gasteiger charge is 2.30. The zero-order valence-corrected chi connectivity index (χ0v) is 17.5. The molecule has 2 unspecified atom stereocenters. The highest BCUT2D eigenvalue weighted by atomic mass is 32.1. The lowest BCUT2D eigenvalue weighted by Crippen LogP contribution is -2.45. The third-order valence-electron chi connectivity index (χ3n) is 4.95. The number of thiophene rings is 1. The van der Waals surface area contributed by atoms with Crippen molar-refractivity contribution in [2.45, 2.75) is 39.2 Å². The number of rotatable bonds is 6. The SMILES string of the molecule is CC(=O)NC(CC(=O)N1CCCC(C(=O)Nc2ccc(C)cn2)C1)c1cccs1. The Morgan fingerprint density at radius 3 is 2.79 bits per heavy atom. The van der Waals surface area contributed by atoms with Crippen molar-refractivity contribution in [2.75, 3.05) is 18.4 Å². The van der Waals surface area contributed by atoms with Gasteiger partial charge in [0, 0.05) is 31.1 Å². The van der Waals surface area contributed by atoms with Crippen LogP contribution in [0, 0.1) is 12.8 Å². The van der Waals surface area contributed by atoms with E-state index in [2.05, 4.69) is 15.6 Å². The van der Waals surface area contributed by atoms with Crippen molar-refractivity contribution in [1.82, 2.24) is 15.2 Å². The molecular formula is C21H26N4O3S. The van der Waals surface area contributed by atoms with Gasteiger partial charge in [0.05, 0.1) is 18.4 Å². The number of carbonyl (C=O) groups is 3. The van der Waals surface area contributed by atoms with Crippen LogP contribution < -0.4 is 10.6 Å². The number of amides is 3. The molecule has 3 heterocycles. The highest BCUT2D eigenvalue weighted by Crippen LogP contribution is 2.25. The fraction of sp³-hybridized carbons (Fsp3) is 0.429.